The molecule has 0 unspecified atom stereocenters. The zero-order valence-electron chi connectivity index (χ0n) is 15.9. The quantitative estimate of drug-likeness (QED) is 0.374. The van der Waals surface area contributed by atoms with Crippen LogP contribution in [0.3, 0.4) is 0 Å². The summed E-state index contributed by atoms with van der Waals surface area (Å²) in [6.07, 6.45) is 4.91. The first-order valence-corrected chi connectivity index (χ1v) is 9.64. The number of halogens is 1. The third-order valence-electron chi connectivity index (χ3n) is 4.38. The molecule has 0 N–H and O–H groups in total. The molecule has 148 valence electrons. The van der Waals surface area contributed by atoms with Gasteiger partial charge in [0.05, 0.1) is 13.7 Å². The van der Waals surface area contributed by atoms with E-state index < -0.39 is 0 Å². The molecule has 0 saturated heterocycles. The number of ether oxygens (including phenoxy) is 2. The molecule has 0 radical (unpaired) electrons. The molecule has 2 aromatic carbocycles. The zero-order valence-corrected chi connectivity index (χ0v) is 16.7. The summed E-state index contributed by atoms with van der Waals surface area (Å²) >= 11 is 6.03. The summed E-state index contributed by atoms with van der Waals surface area (Å²) in [6, 6.07) is 17.4. The van der Waals surface area contributed by atoms with Gasteiger partial charge in [0, 0.05) is 29.4 Å². The average Bonchev–Trinajstić information content (AvgIpc) is 3.42. The fraction of sp³-hybridized carbons (Fsp3) is 0.182. The molecule has 0 aliphatic carbocycles. The standard InChI is InChI=1S/C22H20ClN3O3/c1-27-18-6-2-3-7-19(18)28-15-4-8-20-21(16-9-11-17(23)12-10-16)25-22(29-20)26-14-5-13-24-26/h2-3,5-7,9-14H,4,8,15H2,1H3. The Morgan fingerprint density at radius 3 is 2.55 bits per heavy atom. The van der Waals surface area contributed by atoms with Gasteiger partial charge in [-0.2, -0.15) is 14.8 Å². The third kappa shape index (κ3) is 4.43. The molecule has 2 aromatic heterocycles. The summed E-state index contributed by atoms with van der Waals surface area (Å²) in [6.45, 7) is 0.526. The molecule has 0 fully saturated rings. The summed E-state index contributed by atoms with van der Waals surface area (Å²) in [4.78, 5) is 4.65. The highest BCUT2D eigenvalue weighted by molar-refractivity contribution is 6.30. The van der Waals surface area contributed by atoms with E-state index in [0.29, 0.717) is 24.1 Å². The van der Waals surface area contributed by atoms with E-state index in [2.05, 4.69) is 10.1 Å². The molecule has 0 bridgehead atoms. The Labute approximate surface area is 173 Å². The highest BCUT2D eigenvalue weighted by Crippen LogP contribution is 2.29. The van der Waals surface area contributed by atoms with Crippen molar-refractivity contribution in [2.24, 2.45) is 0 Å². The van der Waals surface area contributed by atoms with Crippen LogP contribution in [-0.2, 0) is 6.42 Å². The number of benzene rings is 2. The van der Waals surface area contributed by atoms with Crippen LogP contribution in [0.2, 0.25) is 5.02 Å². The highest BCUT2D eigenvalue weighted by Gasteiger charge is 2.16. The summed E-state index contributed by atoms with van der Waals surface area (Å²) in [5.74, 6) is 2.22. The van der Waals surface area contributed by atoms with E-state index in [-0.39, 0.29) is 0 Å². The number of oxazole rings is 1. The number of nitrogens with zero attached hydrogens (tertiary/aromatic N) is 3. The van der Waals surface area contributed by atoms with Crippen LogP contribution in [0.25, 0.3) is 17.3 Å². The van der Waals surface area contributed by atoms with Crippen LogP contribution in [0.5, 0.6) is 11.5 Å². The van der Waals surface area contributed by atoms with Crippen LogP contribution < -0.4 is 9.47 Å². The molecule has 0 saturated carbocycles. The van der Waals surface area contributed by atoms with E-state index >= 15 is 0 Å². The minimum absolute atomic E-state index is 0.431. The minimum atomic E-state index is 0.431. The van der Waals surface area contributed by atoms with E-state index in [9.17, 15) is 0 Å². The maximum absolute atomic E-state index is 6.03. The van der Waals surface area contributed by atoms with Crippen molar-refractivity contribution in [1.82, 2.24) is 14.8 Å². The Bertz CT molecular complexity index is 1060. The van der Waals surface area contributed by atoms with Crippen LogP contribution in [0, 0.1) is 0 Å². The number of hydrogen-bond donors (Lipinski definition) is 0. The van der Waals surface area contributed by atoms with Crippen LogP contribution in [0.4, 0.5) is 0 Å². The van der Waals surface area contributed by atoms with Crippen molar-refractivity contribution in [1.29, 1.82) is 0 Å². The number of aryl methyl sites for hydroxylation is 1. The van der Waals surface area contributed by atoms with Gasteiger partial charge in [-0.15, -0.1) is 0 Å². The molecule has 0 spiro atoms. The second kappa shape index (κ2) is 8.84. The van der Waals surface area contributed by atoms with Gasteiger partial charge in [0.1, 0.15) is 11.5 Å². The van der Waals surface area contributed by atoms with Crippen molar-refractivity contribution >= 4 is 11.6 Å². The van der Waals surface area contributed by atoms with Crippen molar-refractivity contribution in [3.05, 3.63) is 77.8 Å². The summed E-state index contributed by atoms with van der Waals surface area (Å²) in [5, 5.41) is 4.88. The first-order valence-electron chi connectivity index (χ1n) is 9.26. The summed E-state index contributed by atoms with van der Waals surface area (Å²) in [7, 11) is 1.63. The molecule has 7 heteroatoms. The first kappa shape index (κ1) is 19.1. The number of aromatic nitrogens is 3. The van der Waals surface area contributed by atoms with Gasteiger partial charge in [-0.25, -0.2) is 0 Å². The van der Waals surface area contributed by atoms with Crippen LogP contribution in [0.15, 0.2) is 71.4 Å². The third-order valence-corrected chi connectivity index (χ3v) is 4.63. The lowest BCUT2D eigenvalue weighted by Gasteiger charge is -2.09. The molecule has 29 heavy (non-hydrogen) atoms. The van der Waals surface area contributed by atoms with E-state index in [1.807, 2.05) is 54.6 Å². The molecule has 4 aromatic rings. The van der Waals surface area contributed by atoms with E-state index in [1.54, 1.807) is 24.2 Å². The highest BCUT2D eigenvalue weighted by atomic mass is 35.5. The largest absolute Gasteiger partial charge is 0.493 e. The van der Waals surface area contributed by atoms with Crippen molar-refractivity contribution in [3.63, 3.8) is 0 Å². The summed E-state index contributed by atoms with van der Waals surface area (Å²) in [5.41, 5.74) is 1.72. The number of rotatable bonds is 8. The van der Waals surface area contributed by atoms with Gasteiger partial charge in [-0.05, 0) is 36.8 Å². The van der Waals surface area contributed by atoms with Gasteiger partial charge < -0.3 is 13.9 Å². The molecule has 2 heterocycles. The Balaban J connectivity index is 1.50. The predicted molar refractivity (Wildman–Crippen MR) is 111 cm³/mol. The second-order valence-corrected chi connectivity index (χ2v) is 6.77. The average molecular weight is 410 g/mol. The van der Waals surface area contributed by atoms with Crippen LogP contribution in [0.1, 0.15) is 12.2 Å². The fourth-order valence-electron chi connectivity index (χ4n) is 2.97. The molecular weight excluding hydrogens is 390 g/mol. The molecular formula is C22H20ClN3O3. The molecule has 4 rings (SSSR count). The smallest absolute Gasteiger partial charge is 0.323 e. The molecule has 0 amide bonds. The van der Waals surface area contributed by atoms with Crippen LogP contribution in [-0.4, -0.2) is 28.5 Å². The lowest BCUT2D eigenvalue weighted by atomic mass is 10.1. The van der Waals surface area contributed by atoms with Gasteiger partial charge in [0.25, 0.3) is 0 Å². The Hall–Kier alpha value is -3.25. The number of para-hydroxylation sites is 2. The maximum atomic E-state index is 6.03. The summed E-state index contributed by atoms with van der Waals surface area (Å²) < 4.78 is 18.8. The topological polar surface area (TPSA) is 62.3 Å². The minimum Gasteiger partial charge on any atom is -0.493 e. The predicted octanol–water partition coefficient (Wildman–Crippen LogP) is 5.20. The van der Waals surface area contributed by atoms with Crippen molar-refractivity contribution in [2.45, 2.75) is 12.8 Å². The monoisotopic (exact) mass is 409 g/mol. The Morgan fingerprint density at radius 1 is 1.03 bits per heavy atom. The zero-order chi connectivity index (χ0) is 20.1. The lowest BCUT2D eigenvalue weighted by molar-refractivity contribution is 0.286. The first-order chi connectivity index (χ1) is 14.2. The Morgan fingerprint density at radius 2 is 1.83 bits per heavy atom. The van der Waals surface area contributed by atoms with Gasteiger partial charge >= 0.3 is 6.01 Å². The second-order valence-electron chi connectivity index (χ2n) is 6.33. The van der Waals surface area contributed by atoms with E-state index in [4.69, 9.17) is 25.5 Å². The van der Waals surface area contributed by atoms with Crippen LogP contribution >= 0.6 is 11.6 Å². The fourth-order valence-corrected chi connectivity index (χ4v) is 3.10. The van der Waals surface area contributed by atoms with E-state index in [1.165, 1.54) is 0 Å². The van der Waals surface area contributed by atoms with Gasteiger partial charge in [-0.3, -0.25) is 0 Å². The SMILES string of the molecule is COc1ccccc1OCCCc1oc(-n2cccn2)nc1-c1ccc(Cl)cc1. The van der Waals surface area contributed by atoms with Gasteiger partial charge in [0.15, 0.2) is 11.5 Å². The number of hydrogen-bond acceptors (Lipinski definition) is 5. The van der Waals surface area contributed by atoms with Gasteiger partial charge in [0.2, 0.25) is 0 Å². The molecule has 0 atom stereocenters. The lowest BCUT2D eigenvalue weighted by Crippen LogP contribution is -2.01. The van der Waals surface area contributed by atoms with Crippen molar-refractivity contribution in [3.8, 4) is 28.8 Å². The normalized spacial score (nSPS) is 10.8. The molecule has 0 aliphatic heterocycles. The molecule has 0 aliphatic rings. The van der Waals surface area contributed by atoms with Crippen molar-refractivity contribution in [2.75, 3.05) is 13.7 Å². The van der Waals surface area contributed by atoms with E-state index in [0.717, 1.165) is 34.9 Å². The maximum Gasteiger partial charge on any atom is 0.323 e. The molecule has 6 nitrogen and oxygen atoms in total. The van der Waals surface area contributed by atoms with Gasteiger partial charge in [-0.1, -0.05) is 35.9 Å². The van der Waals surface area contributed by atoms with Crippen molar-refractivity contribution < 1.29 is 13.9 Å². The Kier molecular flexibility index (Phi) is 5.81. The number of methoxy groups -OCH3 is 1.